The highest BCUT2D eigenvalue weighted by Crippen LogP contribution is 2.19. The Bertz CT molecular complexity index is 1290. The number of phenols is 1. The van der Waals surface area contributed by atoms with Gasteiger partial charge in [0, 0.05) is 5.56 Å². The Morgan fingerprint density at radius 2 is 1.38 bits per heavy atom. The van der Waals surface area contributed by atoms with Gasteiger partial charge >= 0.3 is 0 Å². The zero-order valence-electron chi connectivity index (χ0n) is 20.6. The van der Waals surface area contributed by atoms with Crippen LogP contribution in [0.2, 0.25) is 0 Å². The van der Waals surface area contributed by atoms with Crippen molar-refractivity contribution in [2.24, 2.45) is 5.92 Å². The number of hydrazine groups is 1. The van der Waals surface area contributed by atoms with Gasteiger partial charge in [-0.25, -0.2) is 0 Å². The first-order valence-corrected chi connectivity index (χ1v) is 11.4. The number of methoxy groups -OCH3 is 1. The van der Waals surface area contributed by atoms with Gasteiger partial charge < -0.3 is 20.5 Å². The molecular weight excluding hydrogens is 476 g/mol. The summed E-state index contributed by atoms with van der Waals surface area (Å²) in [5.41, 5.74) is 5.28. The van der Waals surface area contributed by atoms with Crippen molar-refractivity contribution in [3.63, 3.8) is 0 Å². The topological polar surface area (TPSA) is 146 Å². The molecule has 4 amide bonds. The van der Waals surface area contributed by atoms with Crippen molar-refractivity contribution >= 4 is 29.3 Å². The van der Waals surface area contributed by atoms with Crippen LogP contribution in [0.5, 0.6) is 11.5 Å². The molecule has 10 heteroatoms. The summed E-state index contributed by atoms with van der Waals surface area (Å²) in [6.07, 6.45) is 0. The predicted octanol–water partition coefficient (Wildman–Crippen LogP) is 2.87. The highest BCUT2D eigenvalue weighted by molar-refractivity contribution is 6.09. The predicted molar refractivity (Wildman–Crippen MR) is 137 cm³/mol. The van der Waals surface area contributed by atoms with Gasteiger partial charge in [-0.2, -0.15) is 0 Å². The first-order chi connectivity index (χ1) is 17.7. The molecule has 10 nitrogen and oxygen atoms in total. The molecule has 0 heterocycles. The Kier molecular flexibility index (Phi) is 8.82. The first kappa shape index (κ1) is 26.7. The van der Waals surface area contributed by atoms with Gasteiger partial charge in [0.15, 0.2) is 0 Å². The summed E-state index contributed by atoms with van der Waals surface area (Å²) < 4.78 is 5.10. The number of rotatable bonds is 8. The summed E-state index contributed by atoms with van der Waals surface area (Å²) in [6.45, 7) is 3.46. The number of benzene rings is 3. The highest BCUT2D eigenvalue weighted by atomic mass is 16.5. The third-order valence-corrected chi connectivity index (χ3v) is 5.46. The Morgan fingerprint density at radius 3 is 2.00 bits per heavy atom. The van der Waals surface area contributed by atoms with Crippen LogP contribution in [0.4, 0.5) is 5.69 Å². The van der Waals surface area contributed by atoms with Gasteiger partial charge in [-0.05, 0) is 54.4 Å². The lowest BCUT2D eigenvalue weighted by molar-refractivity contribution is -0.124. The van der Waals surface area contributed by atoms with Crippen molar-refractivity contribution in [1.82, 2.24) is 16.2 Å². The molecule has 1 atom stereocenters. The van der Waals surface area contributed by atoms with E-state index in [-0.39, 0.29) is 28.5 Å². The molecule has 0 fully saturated rings. The summed E-state index contributed by atoms with van der Waals surface area (Å²) in [5.74, 6) is -2.37. The summed E-state index contributed by atoms with van der Waals surface area (Å²) in [4.78, 5) is 50.9. The van der Waals surface area contributed by atoms with E-state index in [1.165, 1.54) is 25.3 Å². The molecule has 3 aromatic carbocycles. The van der Waals surface area contributed by atoms with E-state index in [4.69, 9.17) is 4.74 Å². The maximum absolute atomic E-state index is 13.1. The normalized spacial score (nSPS) is 11.2. The van der Waals surface area contributed by atoms with E-state index in [9.17, 15) is 24.3 Å². The van der Waals surface area contributed by atoms with Gasteiger partial charge in [0.05, 0.1) is 23.9 Å². The number of para-hydroxylation sites is 2. The quantitative estimate of drug-likeness (QED) is 0.298. The minimum absolute atomic E-state index is 0.0190. The third-order valence-electron chi connectivity index (χ3n) is 5.46. The summed E-state index contributed by atoms with van der Waals surface area (Å²) in [6, 6.07) is 17.8. The highest BCUT2D eigenvalue weighted by Gasteiger charge is 2.26. The number of anilines is 1. The summed E-state index contributed by atoms with van der Waals surface area (Å²) in [7, 11) is 1.52. The number of carbonyl (C=O) groups excluding carboxylic acids is 4. The minimum Gasteiger partial charge on any atom is -0.507 e. The van der Waals surface area contributed by atoms with E-state index in [0.717, 1.165) is 0 Å². The molecule has 0 aliphatic rings. The van der Waals surface area contributed by atoms with Gasteiger partial charge in [0.2, 0.25) is 0 Å². The second-order valence-corrected chi connectivity index (χ2v) is 8.38. The molecule has 0 aliphatic carbocycles. The molecule has 0 saturated carbocycles. The fourth-order valence-corrected chi connectivity index (χ4v) is 3.41. The number of carbonyl (C=O) groups is 4. The van der Waals surface area contributed by atoms with Crippen molar-refractivity contribution in [2.45, 2.75) is 19.9 Å². The number of ether oxygens (including phenoxy) is 1. The fraction of sp³-hybridized carbons (Fsp3) is 0.185. The van der Waals surface area contributed by atoms with Crippen LogP contribution >= 0.6 is 0 Å². The molecule has 0 unspecified atom stereocenters. The van der Waals surface area contributed by atoms with E-state index in [1.807, 2.05) is 0 Å². The lowest BCUT2D eigenvalue weighted by Gasteiger charge is -2.22. The molecule has 0 spiro atoms. The Labute approximate surface area is 214 Å². The van der Waals surface area contributed by atoms with E-state index >= 15 is 0 Å². The Morgan fingerprint density at radius 1 is 0.757 bits per heavy atom. The molecule has 5 N–H and O–H groups in total. The Hall–Kier alpha value is -4.86. The number of nitrogens with one attached hydrogen (secondary N) is 4. The van der Waals surface area contributed by atoms with Crippen LogP contribution < -0.4 is 26.2 Å². The number of hydrogen-bond donors (Lipinski definition) is 5. The van der Waals surface area contributed by atoms with Crippen LogP contribution in [-0.2, 0) is 4.79 Å². The van der Waals surface area contributed by atoms with Crippen LogP contribution in [0.25, 0.3) is 0 Å². The van der Waals surface area contributed by atoms with Crippen molar-refractivity contribution < 1.29 is 29.0 Å². The maximum Gasteiger partial charge on any atom is 0.273 e. The lowest BCUT2D eigenvalue weighted by atomic mass is 10.0. The van der Waals surface area contributed by atoms with Crippen LogP contribution in [0.1, 0.15) is 44.9 Å². The van der Waals surface area contributed by atoms with Gasteiger partial charge in [0.25, 0.3) is 23.6 Å². The zero-order chi connectivity index (χ0) is 26.9. The van der Waals surface area contributed by atoms with Crippen LogP contribution in [0.3, 0.4) is 0 Å². The maximum atomic E-state index is 13.1. The van der Waals surface area contributed by atoms with Gasteiger partial charge in [-0.3, -0.25) is 30.0 Å². The van der Waals surface area contributed by atoms with Gasteiger partial charge in [0.1, 0.15) is 17.5 Å². The molecule has 192 valence electrons. The average Bonchev–Trinajstić information content (AvgIpc) is 2.90. The van der Waals surface area contributed by atoms with Gasteiger partial charge in [-0.15, -0.1) is 0 Å². The smallest absolute Gasteiger partial charge is 0.273 e. The molecule has 0 saturated heterocycles. The molecule has 0 aliphatic heterocycles. The summed E-state index contributed by atoms with van der Waals surface area (Å²) in [5, 5.41) is 15.2. The first-order valence-electron chi connectivity index (χ1n) is 11.4. The lowest BCUT2D eigenvalue weighted by Crippen LogP contribution is -2.54. The van der Waals surface area contributed by atoms with Crippen molar-refractivity contribution in [2.75, 3.05) is 12.4 Å². The summed E-state index contributed by atoms with van der Waals surface area (Å²) >= 11 is 0. The van der Waals surface area contributed by atoms with Crippen molar-refractivity contribution in [3.05, 3.63) is 89.5 Å². The monoisotopic (exact) mass is 504 g/mol. The molecule has 0 radical (unpaired) electrons. The Balaban J connectivity index is 1.69. The zero-order valence-corrected chi connectivity index (χ0v) is 20.6. The molecule has 0 aromatic heterocycles. The number of phenolic OH excluding ortho intramolecular Hbond substituents is 1. The van der Waals surface area contributed by atoms with E-state index < -0.39 is 29.7 Å². The number of amides is 4. The minimum atomic E-state index is -1.01. The molecule has 37 heavy (non-hydrogen) atoms. The van der Waals surface area contributed by atoms with Crippen molar-refractivity contribution in [1.29, 1.82) is 0 Å². The molecule has 3 rings (SSSR count). The fourth-order valence-electron chi connectivity index (χ4n) is 3.41. The van der Waals surface area contributed by atoms with Crippen LogP contribution in [0, 0.1) is 5.92 Å². The second kappa shape index (κ2) is 12.2. The largest absolute Gasteiger partial charge is 0.507 e. The third kappa shape index (κ3) is 6.85. The van der Waals surface area contributed by atoms with Crippen molar-refractivity contribution in [3.8, 4) is 11.5 Å². The van der Waals surface area contributed by atoms with Crippen LogP contribution in [-0.4, -0.2) is 41.9 Å². The number of aromatic hydroxyl groups is 1. The molecule has 3 aromatic rings. The van der Waals surface area contributed by atoms with Crippen LogP contribution in [0.15, 0.2) is 72.8 Å². The standard InChI is InChI=1S/C27H28N4O6/c1-16(2)23(27(36)31-30-26(35)20-9-5-7-11-22(20)32)29-25(34)19-8-4-6-10-21(19)28-24(33)17-12-14-18(37-3)15-13-17/h4-16,23,32H,1-3H3,(H,28,33)(H,29,34)(H,30,35)(H,31,36)/t23-/m1/s1. The SMILES string of the molecule is COc1ccc(C(=O)Nc2ccccc2C(=O)N[C@@H](C(=O)NNC(=O)c2ccccc2O)C(C)C)cc1. The van der Waals surface area contributed by atoms with E-state index in [1.54, 1.807) is 68.4 Å². The number of hydrogen-bond acceptors (Lipinski definition) is 6. The van der Waals surface area contributed by atoms with E-state index in [2.05, 4.69) is 21.5 Å². The molecular formula is C27H28N4O6. The average molecular weight is 505 g/mol. The van der Waals surface area contributed by atoms with E-state index in [0.29, 0.717) is 11.3 Å². The molecule has 0 bridgehead atoms. The van der Waals surface area contributed by atoms with Gasteiger partial charge in [-0.1, -0.05) is 38.1 Å². The second-order valence-electron chi connectivity index (χ2n) is 8.38.